The highest BCUT2D eigenvalue weighted by atomic mass is 28.4. The van der Waals surface area contributed by atoms with E-state index in [-0.39, 0.29) is 40.5 Å². The van der Waals surface area contributed by atoms with Crippen molar-refractivity contribution in [3.8, 4) is 11.5 Å². The van der Waals surface area contributed by atoms with Gasteiger partial charge in [-0.05, 0) is 60.8 Å². The number of nitro benzene ring substituents is 1. The van der Waals surface area contributed by atoms with Crippen LogP contribution in [0.3, 0.4) is 0 Å². The standard InChI is InChI=1S/C30H41N3O8Si/c1-30(2,3)42(6,7)41-20-23-11-8-16-32(23)28(34)24-18-26(38-4)27(39-5)19-25(24)31-29(35)40-17-9-10-21-12-14-22(15-13-21)33(36)37/h9-10,12-15,18-19,23H,8,11,16-17,20H2,1-7H3,(H,31,35)/b10-9+/t23-/m0/s1. The number of nitro groups is 1. The van der Waals surface area contributed by atoms with Crippen LogP contribution in [0, 0.1) is 10.1 Å². The Morgan fingerprint density at radius 3 is 2.36 bits per heavy atom. The summed E-state index contributed by atoms with van der Waals surface area (Å²) in [4.78, 5) is 38.7. The van der Waals surface area contributed by atoms with Crippen molar-refractivity contribution in [3.05, 3.63) is 63.7 Å². The number of nitrogens with one attached hydrogen (secondary N) is 1. The Bertz CT molecular complexity index is 1300. The van der Waals surface area contributed by atoms with Gasteiger partial charge in [0.1, 0.15) is 6.61 Å². The second-order valence-electron chi connectivity index (χ2n) is 11.6. The van der Waals surface area contributed by atoms with Crippen molar-refractivity contribution in [2.75, 3.05) is 39.3 Å². The summed E-state index contributed by atoms with van der Waals surface area (Å²) in [5.74, 6) is 0.464. The van der Waals surface area contributed by atoms with Crippen molar-refractivity contribution in [2.45, 2.75) is 57.8 Å². The summed E-state index contributed by atoms with van der Waals surface area (Å²) in [6.07, 6.45) is 4.22. The number of hydrogen-bond acceptors (Lipinski definition) is 8. The minimum Gasteiger partial charge on any atom is -0.493 e. The molecule has 1 aliphatic heterocycles. The van der Waals surface area contributed by atoms with Gasteiger partial charge in [0.15, 0.2) is 19.8 Å². The molecule has 1 N–H and O–H groups in total. The van der Waals surface area contributed by atoms with Crippen LogP contribution in [-0.4, -0.2) is 70.2 Å². The van der Waals surface area contributed by atoms with Gasteiger partial charge in [-0.2, -0.15) is 0 Å². The van der Waals surface area contributed by atoms with Crippen LogP contribution in [0.15, 0.2) is 42.5 Å². The van der Waals surface area contributed by atoms with Crippen LogP contribution in [0.2, 0.25) is 18.1 Å². The van der Waals surface area contributed by atoms with Crippen molar-refractivity contribution in [3.63, 3.8) is 0 Å². The molecule has 1 saturated heterocycles. The zero-order chi connectivity index (χ0) is 31.1. The second kappa shape index (κ2) is 13.8. The van der Waals surface area contributed by atoms with Gasteiger partial charge in [-0.1, -0.05) is 26.8 Å². The van der Waals surface area contributed by atoms with Crippen molar-refractivity contribution in [1.29, 1.82) is 0 Å². The van der Waals surface area contributed by atoms with Crippen molar-refractivity contribution in [1.82, 2.24) is 4.90 Å². The van der Waals surface area contributed by atoms with Crippen LogP contribution in [-0.2, 0) is 9.16 Å². The first-order valence-electron chi connectivity index (χ1n) is 13.8. The molecule has 1 fully saturated rings. The predicted molar refractivity (Wildman–Crippen MR) is 164 cm³/mol. The molecule has 0 spiro atoms. The van der Waals surface area contributed by atoms with Crippen molar-refractivity contribution in [2.24, 2.45) is 0 Å². The number of carbonyl (C=O) groups excluding carboxylic acids is 2. The van der Waals surface area contributed by atoms with Gasteiger partial charge in [-0.15, -0.1) is 0 Å². The molecule has 0 unspecified atom stereocenters. The lowest BCUT2D eigenvalue weighted by molar-refractivity contribution is -0.384. The topological polar surface area (TPSA) is 129 Å². The van der Waals surface area contributed by atoms with Gasteiger partial charge in [0, 0.05) is 24.7 Å². The first-order valence-corrected chi connectivity index (χ1v) is 16.7. The fraction of sp³-hybridized carbons (Fsp3) is 0.467. The van der Waals surface area contributed by atoms with E-state index >= 15 is 0 Å². The molecule has 42 heavy (non-hydrogen) atoms. The summed E-state index contributed by atoms with van der Waals surface area (Å²) in [6.45, 7) is 11.9. The highest BCUT2D eigenvalue weighted by Crippen LogP contribution is 2.38. The number of carbonyl (C=O) groups is 2. The maximum atomic E-state index is 13.9. The number of nitrogens with zero attached hydrogens (tertiary/aromatic N) is 2. The number of rotatable bonds is 11. The van der Waals surface area contributed by atoms with E-state index in [0.717, 1.165) is 18.4 Å². The molecule has 0 aromatic heterocycles. The van der Waals surface area contributed by atoms with E-state index in [0.29, 0.717) is 24.7 Å². The Morgan fingerprint density at radius 1 is 1.12 bits per heavy atom. The molecule has 228 valence electrons. The summed E-state index contributed by atoms with van der Waals surface area (Å²) in [5.41, 5.74) is 1.20. The van der Waals surface area contributed by atoms with Gasteiger partial charge >= 0.3 is 6.09 Å². The number of ether oxygens (including phenoxy) is 3. The molecule has 1 aliphatic rings. The van der Waals surface area contributed by atoms with E-state index in [2.05, 4.69) is 39.2 Å². The number of amides is 2. The minimum absolute atomic E-state index is 0.00794. The molecule has 0 bridgehead atoms. The Morgan fingerprint density at radius 2 is 1.76 bits per heavy atom. The molecular formula is C30H41N3O8Si. The highest BCUT2D eigenvalue weighted by Gasteiger charge is 2.39. The summed E-state index contributed by atoms with van der Waals surface area (Å²) in [5, 5.41) is 13.5. The van der Waals surface area contributed by atoms with Gasteiger partial charge in [-0.3, -0.25) is 20.2 Å². The molecule has 1 atom stereocenters. The quantitative estimate of drug-likeness (QED) is 0.176. The van der Waals surface area contributed by atoms with E-state index < -0.39 is 19.3 Å². The monoisotopic (exact) mass is 599 g/mol. The van der Waals surface area contributed by atoms with Crippen LogP contribution in [0.5, 0.6) is 11.5 Å². The third-order valence-electron chi connectivity index (χ3n) is 7.80. The number of methoxy groups -OCH3 is 2. The Hall–Kier alpha value is -3.90. The largest absolute Gasteiger partial charge is 0.493 e. The molecule has 11 nitrogen and oxygen atoms in total. The third kappa shape index (κ3) is 8.10. The van der Waals surface area contributed by atoms with E-state index in [1.54, 1.807) is 35.3 Å². The number of non-ortho nitro benzene ring substituents is 1. The maximum absolute atomic E-state index is 13.9. The van der Waals surface area contributed by atoms with Gasteiger partial charge in [0.05, 0.1) is 43.0 Å². The average Bonchev–Trinajstić information content (AvgIpc) is 3.42. The summed E-state index contributed by atoms with van der Waals surface area (Å²) >= 11 is 0. The maximum Gasteiger partial charge on any atom is 0.411 e. The van der Waals surface area contributed by atoms with E-state index in [4.69, 9.17) is 18.6 Å². The first kappa shape index (κ1) is 32.6. The zero-order valence-electron chi connectivity index (χ0n) is 25.4. The lowest BCUT2D eigenvalue weighted by Crippen LogP contribution is -2.46. The van der Waals surface area contributed by atoms with Crippen LogP contribution in [0.4, 0.5) is 16.2 Å². The van der Waals surface area contributed by atoms with Crippen LogP contribution in [0.1, 0.15) is 49.5 Å². The SMILES string of the molecule is COc1cc(NC(=O)OC/C=C/c2ccc([N+](=O)[O-])cc2)c(C(=O)N2CCC[C@H]2CO[Si](C)(C)C(C)(C)C)cc1OC. The second-order valence-corrected chi connectivity index (χ2v) is 16.4. The van der Waals surface area contributed by atoms with Crippen LogP contribution < -0.4 is 14.8 Å². The van der Waals surface area contributed by atoms with E-state index in [1.165, 1.54) is 32.4 Å². The lowest BCUT2D eigenvalue weighted by atomic mass is 10.1. The van der Waals surface area contributed by atoms with Crippen LogP contribution in [0.25, 0.3) is 6.08 Å². The molecule has 1 heterocycles. The van der Waals surface area contributed by atoms with Crippen molar-refractivity contribution < 1.29 is 33.1 Å². The summed E-state index contributed by atoms with van der Waals surface area (Å²) < 4.78 is 22.6. The van der Waals surface area contributed by atoms with Gasteiger partial charge in [0.25, 0.3) is 11.6 Å². The molecular weight excluding hydrogens is 558 g/mol. The molecule has 2 amide bonds. The zero-order valence-corrected chi connectivity index (χ0v) is 26.4. The number of hydrogen-bond donors (Lipinski definition) is 1. The molecule has 0 aliphatic carbocycles. The molecule has 3 rings (SSSR count). The highest BCUT2D eigenvalue weighted by molar-refractivity contribution is 6.74. The fourth-order valence-electron chi connectivity index (χ4n) is 4.27. The van der Waals surface area contributed by atoms with Crippen LogP contribution >= 0.6 is 0 Å². The normalized spacial score (nSPS) is 15.5. The molecule has 0 radical (unpaired) electrons. The van der Waals surface area contributed by atoms with Gasteiger partial charge in [0.2, 0.25) is 0 Å². The molecule has 2 aromatic rings. The van der Waals surface area contributed by atoms with Gasteiger partial charge in [-0.25, -0.2) is 4.79 Å². The predicted octanol–water partition coefficient (Wildman–Crippen LogP) is 6.50. The number of likely N-dealkylation sites (tertiary alicyclic amines) is 1. The number of benzene rings is 2. The molecule has 0 saturated carbocycles. The Labute approximate surface area is 248 Å². The third-order valence-corrected chi connectivity index (χ3v) is 12.3. The van der Waals surface area contributed by atoms with E-state index in [1.807, 2.05) is 0 Å². The molecule has 12 heteroatoms. The average molecular weight is 600 g/mol. The lowest BCUT2D eigenvalue weighted by Gasteiger charge is -2.38. The number of anilines is 1. The van der Waals surface area contributed by atoms with E-state index in [9.17, 15) is 19.7 Å². The van der Waals surface area contributed by atoms with Gasteiger partial charge < -0.3 is 23.5 Å². The smallest absolute Gasteiger partial charge is 0.411 e. The first-order chi connectivity index (χ1) is 19.8. The molecule has 2 aromatic carbocycles. The Kier molecular flexibility index (Phi) is 10.7. The fourth-order valence-corrected chi connectivity index (χ4v) is 5.31. The van der Waals surface area contributed by atoms with Crippen molar-refractivity contribution >= 4 is 37.8 Å². The summed E-state index contributed by atoms with van der Waals surface area (Å²) in [7, 11) is 0.952. The summed E-state index contributed by atoms with van der Waals surface area (Å²) in [6, 6.07) is 9.01. The minimum atomic E-state index is -2.00. The Balaban J connectivity index is 1.73.